The number of carbonyl (C=O) groups is 1. The number of amides is 1. The van der Waals surface area contributed by atoms with Crippen LogP contribution in [-0.2, 0) is 4.79 Å². The molecule has 4 heteroatoms. The first-order valence-corrected chi connectivity index (χ1v) is 8.55. The van der Waals surface area contributed by atoms with Gasteiger partial charge in [-0.3, -0.25) is 4.79 Å². The summed E-state index contributed by atoms with van der Waals surface area (Å²) in [4.78, 5) is 12.2. The second-order valence-corrected chi connectivity index (χ2v) is 6.87. The van der Waals surface area contributed by atoms with Crippen LogP contribution in [0.3, 0.4) is 0 Å². The molecule has 1 amide bonds. The van der Waals surface area contributed by atoms with Crippen LogP contribution >= 0.6 is 23.2 Å². The molecule has 0 aliphatic carbocycles. The maximum atomic E-state index is 12.2. The molecule has 24 heavy (non-hydrogen) atoms. The summed E-state index contributed by atoms with van der Waals surface area (Å²) in [6, 6.07) is 9.40. The van der Waals surface area contributed by atoms with Gasteiger partial charge in [-0.15, -0.1) is 0 Å². The molecule has 2 rings (SSSR count). The number of benzene rings is 2. The molecule has 1 atom stereocenters. The first-order chi connectivity index (χ1) is 11.3. The van der Waals surface area contributed by atoms with E-state index in [-0.39, 0.29) is 11.9 Å². The Morgan fingerprint density at radius 1 is 1.04 bits per heavy atom. The fraction of sp³-hybridized carbons (Fsp3) is 0.250. The lowest BCUT2D eigenvalue weighted by molar-refractivity contribution is -0.117. The van der Waals surface area contributed by atoms with Crippen molar-refractivity contribution < 1.29 is 4.79 Å². The van der Waals surface area contributed by atoms with Crippen LogP contribution < -0.4 is 5.32 Å². The second kappa shape index (κ2) is 7.87. The minimum Gasteiger partial charge on any atom is -0.346 e. The van der Waals surface area contributed by atoms with E-state index in [2.05, 4.69) is 38.2 Å². The number of hydrogen-bond donors (Lipinski definition) is 1. The smallest absolute Gasteiger partial charge is 0.244 e. The lowest BCUT2D eigenvalue weighted by atomic mass is 9.96. The highest BCUT2D eigenvalue weighted by atomic mass is 35.5. The van der Waals surface area contributed by atoms with Crippen molar-refractivity contribution in [3.05, 3.63) is 74.3 Å². The van der Waals surface area contributed by atoms with E-state index >= 15 is 0 Å². The zero-order valence-corrected chi connectivity index (χ0v) is 15.8. The topological polar surface area (TPSA) is 29.1 Å². The van der Waals surface area contributed by atoms with Crippen molar-refractivity contribution in [1.82, 2.24) is 5.32 Å². The summed E-state index contributed by atoms with van der Waals surface area (Å²) in [5, 5.41) is 4.08. The van der Waals surface area contributed by atoms with E-state index in [1.807, 2.05) is 6.92 Å². The Bertz CT molecular complexity index is 796. The molecule has 0 aromatic heterocycles. The van der Waals surface area contributed by atoms with Crippen LogP contribution in [0.2, 0.25) is 10.0 Å². The molecule has 0 spiro atoms. The van der Waals surface area contributed by atoms with E-state index in [4.69, 9.17) is 23.2 Å². The van der Waals surface area contributed by atoms with Gasteiger partial charge in [0.25, 0.3) is 0 Å². The van der Waals surface area contributed by atoms with Crippen molar-refractivity contribution in [2.24, 2.45) is 0 Å². The van der Waals surface area contributed by atoms with Gasteiger partial charge in [-0.25, -0.2) is 0 Å². The van der Waals surface area contributed by atoms with Crippen LogP contribution in [0.5, 0.6) is 0 Å². The van der Waals surface area contributed by atoms with E-state index in [0.29, 0.717) is 10.0 Å². The number of halogens is 2. The molecule has 0 aliphatic heterocycles. The molecule has 2 nitrogen and oxygen atoms in total. The van der Waals surface area contributed by atoms with Crippen molar-refractivity contribution >= 4 is 35.2 Å². The number of carbonyl (C=O) groups excluding carboxylic acids is 1. The maximum absolute atomic E-state index is 12.2. The molecule has 0 saturated carbocycles. The van der Waals surface area contributed by atoms with Crippen molar-refractivity contribution in [3.63, 3.8) is 0 Å². The van der Waals surface area contributed by atoms with Crippen LogP contribution in [0.4, 0.5) is 0 Å². The van der Waals surface area contributed by atoms with Crippen LogP contribution in [0.1, 0.15) is 40.8 Å². The minimum absolute atomic E-state index is 0.0675. The lowest BCUT2D eigenvalue weighted by Gasteiger charge is -2.17. The zero-order valence-electron chi connectivity index (χ0n) is 14.3. The predicted octanol–water partition coefficient (Wildman–Crippen LogP) is 5.81. The Labute approximate surface area is 153 Å². The van der Waals surface area contributed by atoms with Crippen molar-refractivity contribution in [2.75, 3.05) is 0 Å². The molecule has 2 aromatic carbocycles. The zero-order chi connectivity index (χ0) is 17.9. The number of rotatable bonds is 4. The summed E-state index contributed by atoms with van der Waals surface area (Å²) >= 11 is 12.0. The predicted molar refractivity (Wildman–Crippen MR) is 103 cm³/mol. The molecule has 0 saturated heterocycles. The summed E-state index contributed by atoms with van der Waals surface area (Å²) < 4.78 is 0. The standard InChI is InChI=1S/C20H21Cl2NO/c1-12-9-14(3)18(10-13(12)2)15(4)23-20(24)8-6-16-5-7-17(21)11-19(16)22/h5-11,15H,1-4H3,(H,23,24)/b8-6+/t15-/m1/s1. The molecule has 0 aliphatic rings. The van der Waals surface area contributed by atoms with Crippen molar-refractivity contribution in [2.45, 2.75) is 33.7 Å². The van der Waals surface area contributed by atoms with E-state index in [1.54, 1.807) is 24.3 Å². The third-order valence-corrected chi connectivity index (χ3v) is 4.65. The average Bonchev–Trinajstić information content (AvgIpc) is 2.50. The summed E-state index contributed by atoms with van der Waals surface area (Å²) in [6.07, 6.45) is 3.18. The molecule has 0 fully saturated rings. The van der Waals surface area contributed by atoms with Gasteiger partial charge in [-0.1, -0.05) is 41.4 Å². The summed E-state index contributed by atoms with van der Waals surface area (Å²) in [5.41, 5.74) is 5.54. The van der Waals surface area contributed by atoms with Crippen LogP contribution in [0.25, 0.3) is 6.08 Å². The molecule has 0 heterocycles. The Kier molecular flexibility index (Phi) is 6.09. The van der Waals surface area contributed by atoms with E-state index in [1.165, 1.54) is 22.8 Å². The summed E-state index contributed by atoms with van der Waals surface area (Å²) in [6.45, 7) is 8.22. The summed E-state index contributed by atoms with van der Waals surface area (Å²) in [7, 11) is 0. The van der Waals surface area contributed by atoms with Gasteiger partial charge in [-0.05, 0) is 73.7 Å². The molecule has 126 valence electrons. The van der Waals surface area contributed by atoms with Gasteiger partial charge in [0.2, 0.25) is 5.91 Å². The highest BCUT2D eigenvalue weighted by Crippen LogP contribution is 2.23. The Hall–Kier alpha value is -1.77. The van der Waals surface area contributed by atoms with Crippen molar-refractivity contribution in [3.8, 4) is 0 Å². The third-order valence-electron chi connectivity index (χ3n) is 4.08. The molecule has 0 unspecified atom stereocenters. The number of aryl methyl sites for hydroxylation is 3. The molecule has 0 bridgehead atoms. The van der Waals surface area contributed by atoms with Gasteiger partial charge in [0.1, 0.15) is 0 Å². The Morgan fingerprint density at radius 3 is 2.38 bits per heavy atom. The highest BCUT2D eigenvalue weighted by Gasteiger charge is 2.11. The largest absolute Gasteiger partial charge is 0.346 e. The van der Waals surface area contributed by atoms with Gasteiger partial charge in [0.05, 0.1) is 6.04 Å². The van der Waals surface area contributed by atoms with Crippen LogP contribution in [0, 0.1) is 20.8 Å². The first-order valence-electron chi connectivity index (χ1n) is 7.79. The van der Waals surface area contributed by atoms with Crippen LogP contribution in [-0.4, -0.2) is 5.91 Å². The van der Waals surface area contributed by atoms with Gasteiger partial charge in [0, 0.05) is 16.1 Å². The average molecular weight is 362 g/mol. The Balaban J connectivity index is 2.09. The highest BCUT2D eigenvalue weighted by molar-refractivity contribution is 6.35. The quantitative estimate of drug-likeness (QED) is 0.684. The van der Waals surface area contributed by atoms with E-state index in [9.17, 15) is 4.79 Å². The fourth-order valence-electron chi connectivity index (χ4n) is 2.59. The SMILES string of the molecule is Cc1cc(C)c([C@@H](C)NC(=O)/C=C/c2ccc(Cl)cc2Cl)cc1C. The number of hydrogen-bond acceptors (Lipinski definition) is 1. The number of nitrogens with one attached hydrogen (secondary N) is 1. The van der Waals surface area contributed by atoms with E-state index < -0.39 is 0 Å². The molecule has 1 N–H and O–H groups in total. The van der Waals surface area contributed by atoms with Crippen LogP contribution in [0.15, 0.2) is 36.4 Å². The Morgan fingerprint density at radius 2 is 1.71 bits per heavy atom. The fourth-order valence-corrected chi connectivity index (χ4v) is 3.06. The van der Waals surface area contributed by atoms with Gasteiger partial charge >= 0.3 is 0 Å². The second-order valence-electron chi connectivity index (χ2n) is 6.02. The van der Waals surface area contributed by atoms with Gasteiger partial charge < -0.3 is 5.32 Å². The summed E-state index contributed by atoms with van der Waals surface area (Å²) in [5.74, 6) is -0.161. The molecule has 0 radical (unpaired) electrons. The first kappa shape index (κ1) is 18.6. The molecule has 2 aromatic rings. The monoisotopic (exact) mass is 361 g/mol. The minimum atomic E-state index is -0.161. The normalized spacial score (nSPS) is 12.4. The van der Waals surface area contributed by atoms with E-state index in [0.717, 1.165) is 11.1 Å². The maximum Gasteiger partial charge on any atom is 0.244 e. The molecular formula is C20H21Cl2NO. The molecular weight excluding hydrogens is 341 g/mol. The van der Waals surface area contributed by atoms with Gasteiger partial charge in [-0.2, -0.15) is 0 Å². The van der Waals surface area contributed by atoms with Gasteiger partial charge in [0.15, 0.2) is 0 Å². The lowest BCUT2D eigenvalue weighted by Crippen LogP contribution is -2.25. The third kappa shape index (κ3) is 4.62. The van der Waals surface area contributed by atoms with Crippen molar-refractivity contribution in [1.29, 1.82) is 0 Å².